The highest BCUT2D eigenvalue weighted by molar-refractivity contribution is 5.31. The Morgan fingerprint density at radius 2 is 2.04 bits per heavy atom. The summed E-state index contributed by atoms with van der Waals surface area (Å²) in [6, 6.07) is 12.1. The Balaban J connectivity index is 1.47. The molecule has 0 aliphatic carbocycles. The van der Waals surface area contributed by atoms with E-state index in [-0.39, 0.29) is 0 Å². The molecule has 2 aromatic heterocycles. The van der Waals surface area contributed by atoms with E-state index in [0.29, 0.717) is 6.61 Å². The van der Waals surface area contributed by atoms with Gasteiger partial charge in [-0.1, -0.05) is 12.1 Å². The average Bonchev–Trinajstić information content (AvgIpc) is 3.02. The van der Waals surface area contributed by atoms with Crippen LogP contribution in [0.5, 0.6) is 11.5 Å². The van der Waals surface area contributed by atoms with Gasteiger partial charge in [0.1, 0.15) is 23.8 Å². The van der Waals surface area contributed by atoms with Gasteiger partial charge in [-0.2, -0.15) is 5.10 Å². The third kappa shape index (κ3) is 3.95. The van der Waals surface area contributed by atoms with E-state index in [1.165, 1.54) is 16.8 Å². The van der Waals surface area contributed by atoms with Crippen LogP contribution in [0.25, 0.3) is 0 Å². The van der Waals surface area contributed by atoms with Gasteiger partial charge in [0.05, 0.1) is 13.3 Å². The van der Waals surface area contributed by atoms with Crippen LogP contribution in [0.1, 0.15) is 22.5 Å². The highest BCUT2D eigenvalue weighted by Crippen LogP contribution is 2.25. The highest BCUT2D eigenvalue weighted by Gasteiger charge is 2.24. The number of fused-ring (bicyclic) bond motifs is 1. The van der Waals surface area contributed by atoms with Crippen LogP contribution in [0.15, 0.2) is 48.8 Å². The first kappa shape index (κ1) is 17.5. The maximum atomic E-state index is 5.88. The molecule has 0 amide bonds. The van der Waals surface area contributed by atoms with Crippen molar-refractivity contribution >= 4 is 0 Å². The van der Waals surface area contributed by atoms with Crippen molar-refractivity contribution in [1.29, 1.82) is 0 Å². The molecule has 0 unspecified atom stereocenters. The van der Waals surface area contributed by atoms with Crippen molar-refractivity contribution in [3.05, 3.63) is 71.3 Å². The third-order valence-electron chi connectivity index (χ3n) is 4.95. The summed E-state index contributed by atoms with van der Waals surface area (Å²) in [5.41, 5.74) is 4.86. The summed E-state index contributed by atoms with van der Waals surface area (Å²) in [6.07, 6.45) is 4.46. The summed E-state index contributed by atoms with van der Waals surface area (Å²) < 4.78 is 13.2. The summed E-state index contributed by atoms with van der Waals surface area (Å²) in [4.78, 5) is 6.54. The molecule has 0 atom stereocenters. The maximum Gasteiger partial charge on any atom is 0.138 e. The quantitative estimate of drug-likeness (QED) is 0.673. The Kier molecular flexibility index (Phi) is 5.07. The van der Waals surface area contributed by atoms with Gasteiger partial charge in [0, 0.05) is 50.6 Å². The number of hydrogen-bond donors (Lipinski definition) is 0. The predicted molar refractivity (Wildman–Crippen MR) is 103 cm³/mol. The van der Waals surface area contributed by atoms with E-state index in [1.807, 2.05) is 36.0 Å². The van der Waals surface area contributed by atoms with E-state index in [2.05, 4.69) is 22.0 Å². The minimum Gasteiger partial charge on any atom is -0.497 e. The minimum absolute atomic E-state index is 0.460. The lowest BCUT2D eigenvalue weighted by Crippen LogP contribution is -2.31. The molecule has 0 spiro atoms. The second kappa shape index (κ2) is 7.80. The fraction of sp³-hybridized carbons (Fsp3) is 0.333. The zero-order valence-electron chi connectivity index (χ0n) is 15.8. The van der Waals surface area contributed by atoms with Gasteiger partial charge in [-0.05, 0) is 29.8 Å². The Hall–Kier alpha value is -2.86. The van der Waals surface area contributed by atoms with E-state index in [1.54, 1.807) is 19.5 Å². The SMILES string of the molecule is COc1cccc(CN2CCc3c(c(COc4cccnc4)nn3C)C2)c1. The first-order valence-corrected chi connectivity index (χ1v) is 9.14. The second-order valence-electron chi connectivity index (χ2n) is 6.79. The Labute approximate surface area is 159 Å². The molecule has 3 aromatic rings. The number of hydrogen-bond acceptors (Lipinski definition) is 5. The molecule has 0 saturated heterocycles. The number of ether oxygens (including phenoxy) is 2. The normalized spacial score (nSPS) is 14.0. The van der Waals surface area contributed by atoms with Crippen molar-refractivity contribution in [2.24, 2.45) is 7.05 Å². The molecule has 0 radical (unpaired) electrons. The van der Waals surface area contributed by atoms with Crippen LogP contribution in [-0.4, -0.2) is 33.3 Å². The van der Waals surface area contributed by atoms with Gasteiger partial charge >= 0.3 is 0 Å². The molecular formula is C21H24N4O2. The van der Waals surface area contributed by atoms with Crippen molar-refractivity contribution in [1.82, 2.24) is 19.7 Å². The molecule has 6 nitrogen and oxygen atoms in total. The molecule has 0 saturated carbocycles. The molecule has 0 N–H and O–H groups in total. The Bertz CT molecular complexity index is 908. The topological polar surface area (TPSA) is 52.4 Å². The number of aryl methyl sites for hydroxylation is 1. The first-order valence-electron chi connectivity index (χ1n) is 9.14. The first-order chi connectivity index (χ1) is 13.2. The summed E-state index contributed by atoms with van der Waals surface area (Å²) >= 11 is 0. The number of rotatable bonds is 6. The Morgan fingerprint density at radius 1 is 1.15 bits per heavy atom. The zero-order valence-corrected chi connectivity index (χ0v) is 15.8. The largest absolute Gasteiger partial charge is 0.497 e. The van der Waals surface area contributed by atoms with Gasteiger partial charge in [-0.15, -0.1) is 0 Å². The summed E-state index contributed by atoms with van der Waals surface area (Å²) in [5, 5.41) is 4.70. The van der Waals surface area contributed by atoms with Gasteiger partial charge < -0.3 is 9.47 Å². The highest BCUT2D eigenvalue weighted by atomic mass is 16.5. The van der Waals surface area contributed by atoms with Gasteiger partial charge in [0.2, 0.25) is 0 Å². The predicted octanol–water partition coefficient (Wildman–Crippen LogP) is 2.96. The monoisotopic (exact) mass is 364 g/mol. The fourth-order valence-corrected chi connectivity index (χ4v) is 3.59. The van der Waals surface area contributed by atoms with E-state index in [4.69, 9.17) is 14.6 Å². The van der Waals surface area contributed by atoms with Gasteiger partial charge in [-0.3, -0.25) is 14.6 Å². The standard InChI is InChI=1S/C21H24N4O2/c1-24-21-8-10-25(13-16-5-3-6-17(11-16)26-2)14-19(21)20(23-24)15-27-18-7-4-9-22-12-18/h3-7,9,11-12H,8,10,13-15H2,1-2H3. The smallest absolute Gasteiger partial charge is 0.138 e. The number of pyridine rings is 1. The molecule has 0 bridgehead atoms. The Morgan fingerprint density at radius 3 is 2.85 bits per heavy atom. The number of methoxy groups -OCH3 is 1. The minimum atomic E-state index is 0.460. The van der Waals surface area contributed by atoms with E-state index in [9.17, 15) is 0 Å². The molecular weight excluding hydrogens is 340 g/mol. The molecule has 3 heterocycles. The summed E-state index contributed by atoms with van der Waals surface area (Å²) in [5.74, 6) is 1.66. The van der Waals surface area contributed by atoms with Crippen molar-refractivity contribution in [2.45, 2.75) is 26.1 Å². The van der Waals surface area contributed by atoms with Crippen molar-refractivity contribution in [2.75, 3.05) is 13.7 Å². The van der Waals surface area contributed by atoms with Gasteiger partial charge in [0.15, 0.2) is 0 Å². The lowest BCUT2D eigenvalue weighted by Gasteiger charge is -2.27. The van der Waals surface area contributed by atoms with Crippen molar-refractivity contribution < 1.29 is 9.47 Å². The fourth-order valence-electron chi connectivity index (χ4n) is 3.59. The van der Waals surface area contributed by atoms with E-state index < -0.39 is 0 Å². The molecule has 0 fully saturated rings. The lowest BCUT2D eigenvalue weighted by molar-refractivity contribution is 0.238. The van der Waals surface area contributed by atoms with Crippen LogP contribution in [-0.2, 0) is 33.2 Å². The molecule has 27 heavy (non-hydrogen) atoms. The molecule has 6 heteroatoms. The molecule has 1 aliphatic rings. The zero-order chi connectivity index (χ0) is 18.6. The van der Waals surface area contributed by atoms with Crippen molar-refractivity contribution in [3.8, 4) is 11.5 Å². The second-order valence-corrected chi connectivity index (χ2v) is 6.79. The maximum absolute atomic E-state index is 5.88. The van der Waals surface area contributed by atoms with Crippen LogP contribution >= 0.6 is 0 Å². The number of nitrogens with zero attached hydrogens (tertiary/aromatic N) is 4. The summed E-state index contributed by atoms with van der Waals surface area (Å²) in [6.45, 7) is 3.26. The van der Waals surface area contributed by atoms with Gasteiger partial charge in [0.25, 0.3) is 0 Å². The third-order valence-corrected chi connectivity index (χ3v) is 4.95. The summed E-state index contributed by atoms with van der Waals surface area (Å²) in [7, 11) is 3.72. The van der Waals surface area contributed by atoms with Gasteiger partial charge in [-0.25, -0.2) is 0 Å². The van der Waals surface area contributed by atoms with Crippen LogP contribution < -0.4 is 9.47 Å². The van der Waals surface area contributed by atoms with E-state index >= 15 is 0 Å². The van der Waals surface area contributed by atoms with Crippen LogP contribution in [0.2, 0.25) is 0 Å². The van der Waals surface area contributed by atoms with E-state index in [0.717, 1.165) is 43.2 Å². The molecule has 1 aromatic carbocycles. The number of aromatic nitrogens is 3. The van der Waals surface area contributed by atoms with Crippen LogP contribution in [0, 0.1) is 0 Å². The average molecular weight is 364 g/mol. The molecule has 4 rings (SSSR count). The van der Waals surface area contributed by atoms with Crippen LogP contribution in [0.4, 0.5) is 0 Å². The number of benzene rings is 1. The molecule has 140 valence electrons. The van der Waals surface area contributed by atoms with Crippen LogP contribution in [0.3, 0.4) is 0 Å². The lowest BCUT2D eigenvalue weighted by atomic mass is 10.0. The molecule has 1 aliphatic heterocycles. The van der Waals surface area contributed by atoms with Crippen molar-refractivity contribution in [3.63, 3.8) is 0 Å².